The lowest BCUT2D eigenvalue weighted by Gasteiger charge is -2.23. The van der Waals surface area contributed by atoms with Gasteiger partial charge in [0.15, 0.2) is 5.13 Å². The number of anilines is 2. The van der Waals surface area contributed by atoms with Crippen LogP contribution < -0.4 is 9.21 Å². The minimum Gasteiger partial charge on any atom is -0.309 e. The molecule has 9 heteroatoms. The number of sulfonamides is 1. The molecule has 0 N–H and O–H groups in total. The number of hydrogen-bond donors (Lipinski definition) is 0. The lowest BCUT2D eigenvalue weighted by atomic mass is 10.1. The second-order valence-electron chi connectivity index (χ2n) is 9.54. The van der Waals surface area contributed by atoms with Gasteiger partial charge in [0.2, 0.25) is 0 Å². The molecule has 0 bridgehead atoms. The van der Waals surface area contributed by atoms with Crippen molar-refractivity contribution in [2.24, 2.45) is 0 Å². The number of amides is 1. The van der Waals surface area contributed by atoms with Gasteiger partial charge in [-0.25, -0.2) is 13.4 Å². The van der Waals surface area contributed by atoms with Crippen LogP contribution in [0.1, 0.15) is 34.8 Å². The summed E-state index contributed by atoms with van der Waals surface area (Å²) >= 11 is 1.50. The Morgan fingerprint density at radius 3 is 2.21 bits per heavy atom. The first-order valence-corrected chi connectivity index (χ1v) is 14.9. The average molecular weight is 551 g/mol. The van der Waals surface area contributed by atoms with Crippen molar-refractivity contribution in [1.29, 1.82) is 0 Å². The zero-order chi connectivity index (χ0) is 27.4. The molecule has 0 saturated carbocycles. The number of fused-ring (bicyclic) bond motifs is 1. The van der Waals surface area contributed by atoms with Gasteiger partial charge in [0.05, 0.1) is 20.8 Å². The summed E-state index contributed by atoms with van der Waals surface area (Å²) in [7, 11) is 0.231. The number of rotatable bonds is 10. The van der Waals surface area contributed by atoms with E-state index in [4.69, 9.17) is 4.98 Å². The van der Waals surface area contributed by atoms with Crippen LogP contribution in [0, 0.1) is 13.8 Å². The maximum absolute atomic E-state index is 13.7. The first-order valence-electron chi connectivity index (χ1n) is 12.6. The summed E-state index contributed by atoms with van der Waals surface area (Å²) in [5, 5.41) is 0.645. The van der Waals surface area contributed by atoms with Crippen molar-refractivity contribution in [2.45, 2.75) is 32.1 Å². The summed E-state index contributed by atoms with van der Waals surface area (Å²) in [5.74, 6) is -0.199. The molecule has 0 fully saturated rings. The normalized spacial score (nSPS) is 11.7. The number of carbonyl (C=O) groups excluding carboxylic acids is 1. The smallest absolute Gasteiger partial charge is 0.264 e. The Bertz CT molecular complexity index is 1480. The van der Waals surface area contributed by atoms with Gasteiger partial charge < -0.3 is 4.90 Å². The van der Waals surface area contributed by atoms with Crippen LogP contribution in [0.25, 0.3) is 10.2 Å². The molecule has 0 spiro atoms. The second kappa shape index (κ2) is 11.6. The molecule has 0 saturated heterocycles. The molecule has 1 heterocycles. The van der Waals surface area contributed by atoms with Crippen molar-refractivity contribution in [3.63, 3.8) is 0 Å². The average Bonchev–Trinajstić information content (AvgIpc) is 3.29. The van der Waals surface area contributed by atoms with E-state index in [-0.39, 0.29) is 10.8 Å². The SMILES string of the molecule is CCN(c1ccccc1)S(=O)(=O)c1ccc(C(=O)N(CCCN(C)C)c2nc3cc(C)c(C)cc3s2)cc1. The molecule has 4 aromatic rings. The van der Waals surface area contributed by atoms with Gasteiger partial charge in [-0.1, -0.05) is 29.5 Å². The number of aromatic nitrogens is 1. The van der Waals surface area contributed by atoms with Gasteiger partial charge in [-0.05, 0) is 107 Å². The van der Waals surface area contributed by atoms with Crippen LogP contribution in [-0.2, 0) is 10.0 Å². The molecular weight excluding hydrogens is 516 g/mol. The molecule has 0 atom stereocenters. The van der Waals surface area contributed by atoms with Crippen LogP contribution in [0.3, 0.4) is 0 Å². The van der Waals surface area contributed by atoms with Gasteiger partial charge in [0.25, 0.3) is 15.9 Å². The van der Waals surface area contributed by atoms with Crippen molar-refractivity contribution >= 4 is 48.3 Å². The summed E-state index contributed by atoms with van der Waals surface area (Å²) < 4.78 is 29.2. The number of aryl methyl sites for hydroxylation is 2. The van der Waals surface area contributed by atoms with Gasteiger partial charge in [-0.2, -0.15) is 0 Å². The molecule has 7 nitrogen and oxygen atoms in total. The largest absolute Gasteiger partial charge is 0.309 e. The minimum atomic E-state index is -3.78. The molecule has 1 amide bonds. The highest BCUT2D eigenvalue weighted by Crippen LogP contribution is 2.32. The van der Waals surface area contributed by atoms with E-state index in [1.54, 1.807) is 36.1 Å². The van der Waals surface area contributed by atoms with Gasteiger partial charge in [-0.3, -0.25) is 14.0 Å². The number of thiazole rings is 1. The lowest BCUT2D eigenvalue weighted by molar-refractivity contribution is 0.0986. The molecule has 0 radical (unpaired) electrons. The molecule has 0 aliphatic carbocycles. The third-order valence-corrected chi connectivity index (χ3v) is 9.43. The van der Waals surface area contributed by atoms with E-state index < -0.39 is 10.0 Å². The standard InChI is InChI=1S/C29H34N4O3S2/c1-6-33(24-11-8-7-9-12-24)38(35,36)25-15-13-23(14-16-25)28(34)32(18-10-17-31(4)5)29-30-26-19-21(2)22(3)20-27(26)37-29/h7-9,11-16,19-20H,6,10,17-18H2,1-5H3. The lowest BCUT2D eigenvalue weighted by Crippen LogP contribution is -2.33. The van der Waals surface area contributed by atoms with E-state index in [9.17, 15) is 13.2 Å². The zero-order valence-electron chi connectivity index (χ0n) is 22.5. The van der Waals surface area contributed by atoms with Crippen molar-refractivity contribution < 1.29 is 13.2 Å². The Hall–Kier alpha value is -3.27. The van der Waals surface area contributed by atoms with Crippen LogP contribution in [-0.4, -0.2) is 57.9 Å². The maximum Gasteiger partial charge on any atom is 0.264 e. The summed E-state index contributed by atoms with van der Waals surface area (Å²) in [5.41, 5.74) is 4.24. The predicted octanol–water partition coefficient (Wildman–Crippen LogP) is 5.73. The van der Waals surface area contributed by atoms with Gasteiger partial charge >= 0.3 is 0 Å². The first-order chi connectivity index (χ1) is 18.1. The van der Waals surface area contributed by atoms with Crippen LogP contribution >= 0.6 is 11.3 Å². The highest BCUT2D eigenvalue weighted by Gasteiger charge is 2.25. The maximum atomic E-state index is 13.7. The van der Waals surface area contributed by atoms with Crippen LogP contribution in [0.2, 0.25) is 0 Å². The summed E-state index contributed by atoms with van der Waals surface area (Å²) in [6.45, 7) is 7.56. The number of para-hydroxylation sites is 1. The number of benzene rings is 3. The van der Waals surface area contributed by atoms with E-state index in [1.807, 2.05) is 32.3 Å². The number of nitrogens with zero attached hydrogens (tertiary/aromatic N) is 4. The Morgan fingerprint density at radius 2 is 1.58 bits per heavy atom. The molecular formula is C29H34N4O3S2. The second-order valence-corrected chi connectivity index (χ2v) is 12.4. The van der Waals surface area contributed by atoms with Crippen molar-refractivity contribution in [2.75, 3.05) is 42.9 Å². The molecule has 0 aliphatic rings. The number of carbonyl (C=O) groups is 1. The topological polar surface area (TPSA) is 73.8 Å². The number of hydrogen-bond acceptors (Lipinski definition) is 6. The van der Waals surface area contributed by atoms with E-state index >= 15 is 0 Å². The molecule has 1 aromatic heterocycles. The van der Waals surface area contributed by atoms with Crippen molar-refractivity contribution in [3.8, 4) is 0 Å². The third kappa shape index (κ3) is 5.90. The summed E-state index contributed by atoms with van der Waals surface area (Å²) in [6, 6.07) is 19.4. The van der Waals surface area contributed by atoms with Gasteiger partial charge in [-0.15, -0.1) is 0 Å². The van der Waals surface area contributed by atoms with Gasteiger partial charge in [0, 0.05) is 18.7 Å². The Balaban J connectivity index is 1.64. The Labute approximate surface area is 229 Å². The van der Waals surface area contributed by atoms with E-state index in [0.29, 0.717) is 29.5 Å². The molecule has 4 rings (SSSR count). The van der Waals surface area contributed by atoms with E-state index in [2.05, 4.69) is 30.9 Å². The van der Waals surface area contributed by atoms with Gasteiger partial charge in [0.1, 0.15) is 0 Å². The summed E-state index contributed by atoms with van der Waals surface area (Å²) in [4.78, 5) is 22.5. The highest BCUT2D eigenvalue weighted by atomic mass is 32.2. The molecule has 3 aromatic carbocycles. The van der Waals surface area contributed by atoms with Crippen molar-refractivity contribution in [3.05, 3.63) is 83.4 Å². The molecule has 200 valence electrons. The fraction of sp³-hybridized carbons (Fsp3) is 0.310. The summed E-state index contributed by atoms with van der Waals surface area (Å²) in [6.07, 6.45) is 0.779. The quantitative estimate of drug-likeness (QED) is 0.252. The highest BCUT2D eigenvalue weighted by molar-refractivity contribution is 7.92. The molecule has 0 aliphatic heterocycles. The van der Waals surface area contributed by atoms with Crippen molar-refractivity contribution in [1.82, 2.24) is 9.88 Å². The molecule has 0 unspecified atom stereocenters. The molecule has 38 heavy (non-hydrogen) atoms. The first kappa shape index (κ1) is 27.8. The Morgan fingerprint density at radius 1 is 0.921 bits per heavy atom. The monoisotopic (exact) mass is 550 g/mol. The van der Waals surface area contributed by atoms with Crippen LogP contribution in [0.15, 0.2) is 71.6 Å². The predicted molar refractivity (Wildman–Crippen MR) is 157 cm³/mol. The van der Waals surface area contributed by atoms with Crippen LogP contribution in [0.4, 0.5) is 10.8 Å². The van der Waals surface area contributed by atoms with E-state index in [0.717, 1.165) is 28.7 Å². The fourth-order valence-electron chi connectivity index (χ4n) is 4.25. The fourth-order valence-corrected chi connectivity index (χ4v) is 6.79. The third-order valence-electron chi connectivity index (χ3n) is 6.48. The Kier molecular flexibility index (Phi) is 8.50. The minimum absolute atomic E-state index is 0.143. The van der Waals surface area contributed by atoms with E-state index in [1.165, 1.54) is 33.3 Å². The zero-order valence-corrected chi connectivity index (χ0v) is 24.1. The van der Waals surface area contributed by atoms with Crippen LogP contribution in [0.5, 0.6) is 0 Å².